The highest BCUT2D eigenvalue weighted by atomic mass is 16.3. The van der Waals surface area contributed by atoms with Crippen molar-refractivity contribution in [2.45, 2.75) is 0 Å². The Balaban J connectivity index is 1.16. The summed E-state index contributed by atoms with van der Waals surface area (Å²) in [6.45, 7) is 0. The molecular formula is C52H34N2O. The summed E-state index contributed by atoms with van der Waals surface area (Å²) in [6.07, 6.45) is 0. The van der Waals surface area contributed by atoms with Crippen molar-refractivity contribution in [3.05, 3.63) is 206 Å². The highest BCUT2D eigenvalue weighted by Crippen LogP contribution is 2.48. The molecule has 11 rings (SSSR count). The molecule has 3 nitrogen and oxygen atoms in total. The molecule has 0 aliphatic heterocycles. The number of anilines is 3. The minimum Gasteiger partial charge on any atom is -0.456 e. The van der Waals surface area contributed by atoms with Gasteiger partial charge in [-0.05, 0) is 82.6 Å². The van der Waals surface area contributed by atoms with Crippen LogP contribution in [-0.2, 0) is 0 Å². The number of benzene rings is 9. The van der Waals surface area contributed by atoms with Crippen molar-refractivity contribution in [3.8, 4) is 27.9 Å². The van der Waals surface area contributed by atoms with Crippen molar-refractivity contribution in [1.29, 1.82) is 0 Å². The molecule has 0 amide bonds. The van der Waals surface area contributed by atoms with Gasteiger partial charge in [-0.2, -0.15) is 0 Å². The minimum atomic E-state index is 0.881. The van der Waals surface area contributed by atoms with E-state index in [1.165, 1.54) is 38.1 Å². The second-order valence-corrected chi connectivity index (χ2v) is 14.1. The molecule has 2 aromatic heterocycles. The van der Waals surface area contributed by atoms with E-state index in [-0.39, 0.29) is 0 Å². The van der Waals surface area contributed by atoms with E-state index in [9.17, 15) is 0 Å². The molecule has 9 aromatic carbocycles. The molecule has 0 N–H and O–H groups in total. The number of aromatic nitrogens is 1. The Labute approximate surface area is 318 Å². The van der Waals surface area contributed by atoms with Gasteiger partial charge in [-0.15, -0.1) is 0 Å². The first-order valence-corrected chi connectivity index (χ1v) is 18.8. The van der Waals surface area contributed by atoms with Gasteiger partial charge in [-0.25, -0.2) is 0 Å². The van der Waals surface area contributed by atoms with Crippen LogP contribution in [-0.4, -0.2) is 4.57 Å². The molecule has 0 atom stereocenters. The maximum Gasteiger partial charge on any atom is 0.136 e. The molecule has 2 heterocycles. The minimum absolute atomic E-state index is 0.881. The van der Waals surface area contributed by atoms with Gasteiger partial charge in [-0.3, -0.25) is 0 Å². The van der Waals surface area contributed by atoms with Crippen molar-refractivity contribution >= 4 is 71.6 Å². The van der Waals surface area contributed by atoms with Gasteiger partial charge in [0.25, 0.3) is 0 Å². The van der Waals surface area contributed by atoms with Crippen LogP contribution in [0.5, 0.6) is 0 Å². The summed E-state index contributed by atoms with van der Waals surface area (Å²) in [5.41, 5.74) is 13.1. The molecule has 0 aliphatic carbocycles. The molecule has 0 saturated heterocycles. The summed E-state index contributed by atoms with van der Waals surface area (Å²) in [6, 6.07) is 74.0. The molecule has 3 heteroatoms. The zero-order valence-corrected chi connectivity index (χ0v) is 29.9. The molecular weight excluding hydrogens is 669 g/mol. The number of nitrogens with zero attached hydrogens (tertiary/aromatic N) is 2. The Morgan fingerprint density at radius 2 is 0.836 bits per heavy atom. The molecule has 0 fully saturated rings. The largest absolute Gasteiger partial charge is 0.456 e. The number of furan rings is 1. The maximum absolute atomic E-state index is 6.40. The summed E-state index contributed by atoms with van der Waals surface area (Å²) in [5.74, 6) is 0. The van der Waals surface area contributed by atoms with Crippen molar-refractivity contribution in [2.75, 3.05) is 4.90 Å². The van der Waals surface area contributed by atoms with E-state index in [4.69, 9.17) is 4.42 Å². The van der Waals surface area contributed by atoms with Gasteiger partial charge in [0.2, 0.25) is 0 Å². The van der Waals surface area contributed by atoms with Crippen LogP contribution in [0.25, 0.3) is 82.5 Å². The zero-order chi connectivity index (χ0) is 36.3. The van der Waals surface area contributed by atoms with Crippen molar-refractivity contribution < 1.29 is 4.42 Å². The van der Waals surface area contributed by atoms with Gasteiger partial charge in [0.05, 0.1) is 22.4 Å². The van der Waals surface area contributed by atoms with Crippen molar-refractivity contribution in [1.82, 2.24) is 4.57 Å². The first-order valence-electron chi connectivity index (χ1n) is 18.8. The van der Waals surface area contributed by atoms with E-state index in [2.05, 4.69) is 210 Å². The quantitative estimate of drug-likeness (QED) is 0.172. The Kier molecular flexibility index (Phi) is 7.17. The fraction of sp³-hybridized carbons (Fsp3) is 0. The van der Waals surface area contributed by atoms with Crippen molar-refractivity contribution in [2.24, 2.45) is 0 Å². The standard InChI is InChI=1S/C52H34N2O/c1-2-17-38-35(15-1)16-13-23-39(38)40-18-3-8-25-46(40)53(36-31-33-37(34-32-36)54-47-26-9-4-19-41(47)42-20-5-10-27-48(42)54)49-28-11-6-21-43(49)44-24-14-30-51-52(44)45-22-7-12-29-50(45)55-51/h1-34H. The molecule has 0 spiro atoms. The fourth-order valence-corrected chi connectivity index (χ4v) is 8.61. The highest BCUT2D eigenvalue weighted by Gasteiger charge is 2.23. The van der Waals surface area contributed by atoms with Crippen LogP contribution in [0.4, 0.5) is 17.1 Å². The molecule has 55 heavy (non-hydrogen) atoms. The lowest BCUT2D eigenvalue weighted by Gasteiger charge is -2.30. The third-order valence-electron chi connectivity index (χ3n) is 11.0. The van der Waals surface area contributed by atoms with Gasteiger partial charge >= 0.3 is 0 Å². The average molecular weight is 703 g/mol. The van der Waals surface area contributed by atoms with Gasteiger partial charge < -0.3 is 13.9 Å². The number of hydrogen-bond acceptors (Lipinski definition) is 2. The van der Waals surface area contributed by atoms with E-state index in [1.807, 2.05) is 6.07 Å². The first-order chi connectivity index (χ1) is 27.3. The van der Waals surface area contributed by atoms with Crippen LogP contribution >= 0.6 is 0 Å². The zero-order valence-electron chi connectivity index (χ0n) is 29.9. The number of hydrogen-bond donors (Lipinski definition) is 0. The van der Waals surface area contributed by atoms with E-state index in [0.717, 1.165) is 61.4 Å². The summed E-state index contributed by atoms with van der Waals surface area (Å²) in [5, 5.41) is 7.18. The Morgan fingerprint density at radius 1 is 0.345 bits per heavy atom. The topological polar surface area (TPSA) is 21.3 Å². The SMILES string of the molecule is c1ccc(N(c2ccc(-n3c4ccccc4c4ccccc43)cc2)c2ccccc2-c2cccc3oc4ccccc4c23)c(-c2cccc3ccccc23)c1. The van der Waals surface area contributed by atoms with Crippen LogP contribution in [0.15, 0.2) is 211 Å². The highest BCUT2D eigenvalue weighted by molar-refractivity contribution is 6.14. The second-order valence-electron chi connectivity index (χ2n) is 14.1. The van der Waals surface area contributed by atoms with Crippen molar-refractivity contribution in [3.63, 3.8) is 0 Å². The molecule has 258 valence electrons. The van der Waals surface area contributed by atoms with Crippen LogP contribution < -0.4 is 4.90 Å². The molecule has 0 bridgehead atoms. The molecule has 0 radical (unpaired) electrons. The molecule has 0 aliphatic rings. The number of rotatable bonds is 6. The lowest BCUT2D eigenvalue weighted by Crippen LogP contribution is -2.12. The lowest BCUT2D eigenvalue weighted by atomic mass is 9.94. The normalized spacial score (nSPS) is 11.6. The number of para-hydroxylation sites is 5. The monoisotopic (exact) mass is 702 g/mol. The van der Waals surface area contributed by atoms with Crippen LogP contribution in [0.1, 0.15) is 0 Å². The smallest absolute Gasteiger partial charge is 0.136 e. The van der Waals surface area contributed by atoms with Crippen LogP contribution in [0, 0.1) is 0 Å². The van der Waals surface area contributed by atoms with Gasteiger partial charge in [0, 0.05) is 44.0 Å². The molecule has 11 aromatic rings. The molecule has 0 unspecified atom stereocenters. The molecule has 0 saturated carbocycles. The Bertz CT molecular complexity index is 3160. The Hall–Kier alpha value is -7.36. The third kappa shape index (κ3) is 4.98. The van der Waals surface area contributed by atoms with E-state index >= 15 is 0 Å². The predicted molar refractivity (Wildman–Crippen MR) is 231 cm³/mol. The first kappa shape index (κ1) is 31.2. The maximum atomic E-state index is 6.40. The fourth-order valence-electron chi connectivity index (χ4n) is 8.61. The van der Waals surface area contributed by atoms with Gasteiger partial charge in [-0.1, -0.05) is 146 Å². The summed E-state index contributed by atoms with van der Waals surface area (Å²) in [7, 11) is 0. The Morgan fingerprint density at radius 3 is 1.56 bits per heavy atom. The van der Waals surface area contributed by atoms with E-state index < -0.39 is 0 Å². The van der Waals surface area contributed by atoms with E-state index in [1.54, 1.807) is 0 Å². The summed E-state index contributed by atoms with van der Waals surface area (Å²) >= 11 is 0. The number of fused-ring (bicyclic) bond motifs is 7. The van der Waals surface area contributed by atoms with Gasteiger partial charge in [0.15, 0.2) is 0 Å². The summed E-state index contributed by atoms with van der Waals surface area (Å²) < 4.78 is 8.77. The van der Waals surface area contributed by atoms with Crippen LogP contribution in [0.2, 0.25) is 0 Å². The van der Waals surface area contributed by atoms with Crippen LogP contribution in [0.3, 0.4) is 0 Å². The lowest BCUT2D eigenvalue weighted by molar-refractivity contribution is 0.669. The average Bonchev–Trinajstić information content (AvgIpc) is 3.81. The second kappa shape index (κ2) is 12.6. The summed E-state index contributed by atoms with van der Waals surface area (Å²) in [4.78, 5) is 2.43. The third-order valence-corrected chi connectivity index (χ3v) is 11.0. The van der Waals surface area contributed by atoms with E-state index in [0.29, 0.717) is 0 Å². The predicted octanol–water partition coefficient (Wildman–Crippen LogP) is 14.6. The van der Waals surface area contributed by atoms with Gasteiger partial charge in [0.1, 0.15) is 11.2 Å².